The van der Waals surface area contributed by atoms with E-state index in [1.165, 1.54) is 11.1 Å². The van der Waals surface area contributed by atoms with Crippen molar-refractivity contribution in [2.75, 3.05) is 0 Å². The Morgan fingerprint density at radius 2 is 1.74 bits per heavy atom. The second-order valence-corrected chi connectivity index (χ2v) is 4.80. The molecule has 3 rings (SSSR count). The van der Waals surface area contributed by atoms with Crippen molar-refractivity contribution in [3.8, 4) is 16.9 Å². The zero-order chi connectivity index (χ0) is 13.2. The first-order chi connectivity index (χ1) is 9.24. The Labute approximate surface area is 113 Å². The summed E-state index contributed by atoms with van der Waals surface area (Å²) < 4.78 is 1.94. The van der Waals surface area contributed by atoms with Gasteiger partial charge in [0.1, 0.15) is 0 Å². The molecule has 94 valence electrons. The molecule has 0 aliphatic heterocycles. The third kappa shape index (κ3) is 2.29. The molecule has 0 unspecified atom stereocenters. The Balaban J connectivity index is 2.03. The maximum absolute atomic E-state index is 4.67. The quantitative estimate of drug-likeness (QED) is 0.666. The van der Waals surface area contributed by atoms with Gasteiger partial charge >= 0.3 is 0 Å². The molecule has 1 aromatic heterocycles. The van der Waals surface area contributed by atoms with E-state index in [1.54, 1.807) is 0 Å². The molecule has 0 bridgehead atoms. The number of para-hydroxylation sites is 1. The van der Waals surface area contributed by atoms with Gasteiger partial charge in [0.25, 0.3) is 0 Å². The van der Waals surface area contributed by atoms with Gasteiger partial charge < -0.3 is 0 Å². The van der Waals surface area contributed by atoms with Crippen LogP contribution in [0, 0.1) is 13.8 Å². The minimum absolute atomic E-state index is 1.01. The van der Waals surface area contributed by atoms with Crippen LogP contribution in [0.2, 0.25) is 0 Å². The van der Waals surface area contributed by atoms with Crippen LogP contribution in [-0.2, 0) is 0 Å². The molecule has 3 aromatic rings. The van der Waals surface area contributed by atoms with Gasteiger partial charge in [0.2, 0.25) is 0 Å². The Hall–Kier alpha value is -2.35. The predicted octanol–water partition coefficient (Wildman–Crippen LogP) is 4.16. The summed E-state index contributed by atoms with van der Waals surface area (Å²) in [6.07, 6.45) is 2.01. The lowest BCUT2D eigenvalue weighted by Crippen LogP contribution is -1.97. The summed E-state index contributed by atoms with van der Waals surface area (Å²) in [6, 6.07) is 18.7. The molecule has 0 amide bonds. The molecule has 2 heteroatoms. The summed E-state index contributed by atoms with van der Waals surface area (Å²) >= 11 is 0. The molecule has 2 nitrogen and oxygen atoms in total. The maximum Gasteiger partial charge on any atom is 0.0927 e. The van der Waals surface area contributed by atoms with Crippen molar-refractivity contribution in [3.05, 3.63) is 71.9 Å². The Morgan fingerprint density at radius 3 is 2.53 bits per heavy atom. The van der Waals surface area contributed by atoms with Crippen molar-refractivity contribution >= 4 is 0 Å². The minimum Gasteiger partial charge on any atom is -0.240 e. The Bertz CT molecular complexity index is 711. The highest BCUT2D eigenvalue weighted by Gasteiger charge is 2.05. The van der Waals surface area contributed by atoms with Gasteiger partial charge in [0, 0.05) is 11.8 Å². The number of hydrogen-bond acceptors (Lipinski definition) is 1. The SMILES string of the molecule is Cc1cccc(-c2ccn(-c3ccccc3C)n2)c1. The topological polar surface area (TPSA) is 17.8 Å². The molecule has 2 aromatic carbocycles. The van der Waals surface area contributed by atoms with Gasteiger partial charge in [-0.1, -0.05) is 42.0 Å². The molecular formula is C17H16N2. The molecule has 0 spiro atoms. The average molecular weight is 248 g/mol. The van der Waals surface area contributed by atoms with E-state index in [0.29, 0.717) is 0 Å². The third-order valence-electron chi connectivity index (χ3n) is 3.27. The van der Waals surface area contributed by atoms with Crippen LogP contribution in [0.5, 0.6) is 0 Å². The predicted molar refractivity (Wildman–Crippen MR) is 78.5 cm³/mol. The van der Waals surface area contributed by atoms with Crippen LogP contribution in [0.15, 0.2) is 60.8 Å². The zero-order valence-electron chi connectivity index (χ0n) is 11.2. The highest BCUT2D eigenvalue weighted by Crippen LogP contribution is 2.20. The van der Waals surface area contributed by atoms with E-state index in [0.717, 1.165) is 16.9 Å². The Kier molecular flexibility index (Phi) is 2.92. The van der Waals surface area contributed by atoms with Gasteiger partial charge in [0.15, 0.2) is 0 Å². The molecular weight excluding hydrogens is 232 g/mol. The molecule has 0 N–H and O–H groups in total. The van der Waals surface area contributed by atoms with Crippen LogP contribution >= 0.6 is 0 Å². The highest BCUT2D eigenvalue weighted by molar-refractivity contribution is 5.60. The molecule has 0 atom stereocenters. The van der Waals surface area contributed by atoms with Crippen LogP contribution in [0.4, 0.5) is 0 Å². The van der Waals surface area contributed by atoms with Crippen LogP contribution in [-0.4, -0.2) is 9.78 Å². The monoisotopic (exact) mass is 248 g/mol. The summed E-state index contributed by atoms with van der Waals surface area (Å²) in [5.74, 6) is 0. The van der Waals surface area contributed by atoms with Crippen LogP contribution in [0.1, 0.15) is 11.1 Å². The van der Waals surface area contributed by atoms with E-state index < -0.39 is 0 Å². The summed E-state index contributed by atoms with van der Waals surface area (Å²) in [5, 5.41) is 4.67. The van der Waals surface area contributed by atoms with Crippen molar-refractivity contribution in [2.45, 2.75) is 13.8 Å². The van der Waals surface area contributed by atoms with Crippen molar-refractivity contribution in [2.24, 2.45) is 0 Å². The molecule has 19 heavy (non-hydrogen) atoms. The number of aromatic nitrogens is 2. The van der Waals surface area contributed by atoms with Crippen molar-refractivity contribution in [3.63, 3.8) is 0 Å². The van der Waals surface area contributed by atoms with Crippen LogP contribution in [0.25, 0.3) is 16.9 Å². The van der Waals surface area contributed by atoms with Crippen molar-refractivity contribution < 1.29 is 0 Å². The third-order valence-corrected chi connectivity index (χ3v) is 3.27. The van der Waals surface area contributed by atoms with E-state index in [-0.39, 0.29) is 0 Å². The van der Waals surface area contributed by atoms with E-state index in [9.17, 15) is 0 Å². The van der Waals surface area contributed by atoms with E-state index in [2.05, 4.69) is 61.4 Å². The van der Waals surface area contributed by atoms with Gasteiger partial charge in [-0.2, -0.15) is 5.10 Å². The second-order valence-electron chi connectivity index (χ2n) is 4.80. The zero-order valence-corrected chi connectivity index (χ0v) is 11.2. The highest BCUT2D eigenvalue weighted by atomic mass is 15.3. The average Bonchev–Trinajstić information content (AvgIpc) is 2.89. The van der Waals surface area contributed by atoms with E-state index >= 15 is 0 Å². The standard InChI is InChI=1S/C17H16N2/c1-13-6-5-8-15(12-13)16-10-11-19(18-16)17-9-4-3-7-14(17)2/h3-12H,1-2H3. The molecule has 1 heterocycles. The largest absolute Gasteiger partial charge is 0.240 e. The molecule has 0 saturated heterocycles. The fourth-order valence-electron chi connectivity index (χ4n) is 2.24. The van der Waals surface area contributed by atoms with Crippen LogP contribution in [0.3, 0.4) is 0 Å². The van der Waals surface area contributed by atoms with Gasteiger partial charge in [-0.15, -0.1) is 0 Å². The smallest absolute Gasteiger partial charge is 0.0927 e. The van der Waals surface area contributed by atoms with E-state index in [4.69, 9.17) is 0 Å². The molecule has 0 aliphatic carbocycles. The fraction of sp³-hybridized carbons (Fsp3) is 0.118. The molecule has 0 radical (unpaired) electrons. The summed E-state index contributed by atoms with van der Waals surface area (Å²) in [5.41, 5.74) is 5.77. The number of aryl methyl sites for hydroxylation is 2. The fourth-order valence-corrected chi connectivity index (χ4v) is 2.24. The molecule has 0 saturated carbocycles. The van der Waals surface area contributed by atoms with Crippen molar-refractivity contribution in [1.82, 2.24) is 9.78 Å². The maximum atomic E-state index is 4.67. The minimum atomic E-state index is 1.01. The van der Waals surface area contributed by atoms with E-state index in [1.807, 2.05) is 23.0 Å². The van der Waals surface area contributed by atoms with Crippen molar-refractivity contribution in [1.29, 1.82) is 0 Å². The lowest BCUT2D eigenvalue weighted by Gasteiger charge is -2.05. The summed E-state index contributed by atoms with van der Waals surface area (Å²) in [4.78, 5) is 0. The first kappa shape index (κ1) is 11.7. The summed E-state index contributed by atoms with van der Waals surface area (Å²) in [6.45, 7) is 4.20. The van der Waals surface area contributed by atoms with Gasteiger partial charge in [-0.25, -0.2) is 4.68 Å². The van der Waals surface area contributed by atoms with Gasteiger partial charge in [-0.3, -0.25) is 0 Å². The van der Waals surface area contributed by atoms with Crippen LogP contribution < -0.4 is 0 Å². The normalized spacial score (nSPS) is 10.6. The first-order valence-electron chi connectivity index (χ1n) is 6.43. The number of rotatable bonds is 2. The number of hydrogen-bond donors (Lipinski definition) is 0. The van der Waals surface area contributed by atoms with Gasteiger partial charge in [-0.05, 0) is 37.6 Å². The summed E-state index contributed by atoms with van der Waals surface area (Å²) in [7, 11) is 0. The number of nitrogens with zero attached hydrogens (tertiary/aromatic N) is 2. The lowest BCUT2D eigenvalue weighted by atomic mass is 10.1. The number of benzene rings is 2. The lowest BCUT2D eigenvalue weighted by molar-refractivity contribution is 0.876. The second kappa shape index (κ2) is 4.73. The molecule has 0 fully saturated rings. The van der Waals surface area contributed by atoms with Gasteiger partial charge in [0.05, 0.1) is 11.4 Å². The Morgan fingerprint density at radius 1 is 0.895 bits per heavy atom. The molecule has 0 aliphatic rings. The first-order valence-corrected chi connectivity index (χ1v) is 6.43.